The van der Waals surface area contributed by atoms with E-state index in [9.17, 15) is 9.59 Å². The van der Waals surface area contributed by atoms with Crippen LogP contribution in [0.25, 0.3) is 0 Å². The minimum absolute atomic E-state index is 0.0830. The van der Waals surface area contributed by atoms with Crippen molar-refractivity contribution in [3.63, 3.8) is 0 Å². The van der Waals surface area contributed by atoms with Crippen LogP contribution in [0.4, 0.5) is 0 Å². The summed E-state index contributed by atoms with van der Waals surface area (Å²) in [6, 6.07) is 0. The summed E-state index contributed by atoms with van der Waals surface area (Å²) in [5.74, 6) is -0.701. The summed E-state index contributed by atoms with van der Waals surface area (Å²) in [4.78, 5) is 23.6. The number of ether oxygens (including phenoxy) is 1. The number of hydrogen-bond acceptors (Lipinski definition) is 4. The third-order valence-electron chi connectivity index (χ3n) is 2.55. The van der Waals surface area contributed by atoms with E-state index in [-0.39, 0.29) is 18.9 Å². The van der Waals surface area contributed by atoms with Gasteiger partial charge < -0.3 is 4.74 Å². The molecule has 0 bridgehead atoms. The Morgan fingerprint density at radius 3 is 2.59 bits per heavy atom. The molecule has 0 saturated carbocycles. The van der Waals surface area contributed by atoms with Gasteiger partial charge in [-0.05, 0) is 33.3 Å². The topological polar surface area (TPSA) is 61.2 Å². The molecular formula is C12H18N2O3. The van der Waals surface area contributed by atoms with Crippen LogP contribution in [0.2, 0.25) is 0 Å². The Morgan fingerprint density at radius 2 is 2.12 bits per heavy atom. The zero-order valence-corrected chi connectivity index (χ0v) is 10.7. The third-order valence-corrected chi connectivity index (χ3v) is 2.55. The second-order valence-electron chi connectivity index (χ2n) is 4.48. The van der Waals surface area contributed by atoms with Gasteiger partial charge >= 0.3 is 5.97 Å². The van der Waals surface area contributed by atoms with Crippen LogP contribution < -0.4 is 0 Å². The van der Waals surface area contributed by atoms with Crippen molar-refractivity contribution in [1.82, 2.24) is 9.78 Å². The Labute approximate surface area is 101 Å². The average molecular weight is 238 g/mol. The molecule has 0 aliphatic rings. The van der Waals surface area contributed by atoms with Crippen LogP contribution in [-0.2, 0) is 20.9 Å². The summed E-state index contributed by atoms with van der Waals surface area (Å²) >= 11 is 0. The first kappa shape index (κ1) is 13.4. The lowest BCUT2D eigenvalue weighted by Crippen LogP contribution is -2.37. The van der Waals surface area contributed by atoms with Crippen LogP contribution in [-0.4, -0.2) is 28.1 Å². The highest BCUT2D eigenvalue weighted by Crippen LogP contribution is 2.19. The second-order valence-corrected chi connectivity index (χ2v) is 4.48. The van der Waals surface area contributed by atoms with Crippen LogP contribution in [0.5, 0.6) is 0 Å². The summed E-state index contributed by atoms with van der Waals surface area (Å²) in [5.41, 5.74) is -0.151. The predicted molar refractivity (Wildman–Crippen MR) is 62.4 cm³/mol. The van der Waals surface area contributed by atoms with Gasteiger partial charge in [-0.3, -0.25) is 14.3 Å². The van der Waals surface area contributed by atoms with Gasteiger partial charge in [0.15, 0.2) is 5.78 Å². The van der Waals surface area contributed by atoms with Crippen LogP contribution in [0.1, 0.15) is 26.3 Å². The Bertz CT molecular complexity index is 421. The fraction of sp³-hybridized carbons (Fsp3) is 0.583. The van der Waals surface area contributed by atoms with E-state index < -0.39 is 11.4 Å². The summed E-state index contributed by atoms with van der Waals surface area (Å²) in [6.07, 6.45) is 3.43. The zero-order valence-electron chi connectivity index (χ0n) is 10.7. The number of aromatic nitrogens is 2. The first-order chi connectivity index (χ1) is 7.87. The molecule has 0 atom stereocenters. The quantitative estimate of drug-likeness (QED) is 0.574. The molecule has 0 radical (unpaired) electrons. The molecule has 1 aromatic rings. The van der Waals surface area contributed by atoms with E-state index >= 15 is 0 Å². The third kappa shape index (κ3) is 3.15. The first-order valence-corrected chi connectivity index (χ1v) is 5.57. The van der Waals surface area contributed by atoms with Gasteiger partial charge in [0, 0.05) is 6.20 Å². The first-order valence-electron chi connectivity index (χ1n) is 5.57. The van der Waals surface area contributed by atoms with E-state index in [4.69, 9.17) is 4.74 Å². The minimum Gasteiger partial charge on any atom is -0.465 e. The van der Waals surface area contributed by atoms with Gasteiger partial charge in [-0.2, -0.15) is 5.10 Å². The maximum atomic E-state index is 12.0. The SMILES string of the molecule is CCOC(=O)C(C)(C)C(=O)Cn1cc(C)cn1. The number of nitrogens with zero attached hydrogens (tertiary/aromatic N) is 2. The van der Waals surface area contributed by atoms with Crippen molar-refractivity contribution < 1.29 is 14.3 Å². The summed E-state index contributed by atoms with van der Waals surface area (Å²) in [5, 5.41) is 4.02. The maximum Gasteiger partial charge on any atom is 0.319 e. The van der Waals surface area contributed by atoms with E-state index in [0.29, 0.717) is 0 Å². The van der Waals surface area contributed by atoms with Gasteiger partial charge in [0.05, 0.1) is 12.8 Å². The molecule has 5 nitrogen and oxygen atoms in total. The number of rotatable bonds is 5. The summed E-state index contributed by atoms with van der Waals surface area (Å²) in [6.45, 7) is 7.11. The van der Waals surface area contributed by atoms with Crippen LogP contribution in [0.3, 0.4) is 0 Å². The fourth-order valence-electron chi connectivity index (χ4n) is 1.32. The van der Waals surface area contributed by atoms with Gasteiger partial charge in [-0.1, -0.05) is 0 Å². The molecule has 5 heteroatoms. The Balaban J connectivity index is 2.72. The molecule has 0 spiro atoms. The zero-order chi connectivity index (χ0) is 13.1. The molecule has 1 aromatic heterocycles. The molecule has 0 fully saturated rings. The van der Waals surface area contributed by atoms with Crippen molar-refractivity contribution in [1.29, 1.82) is 0 Å². The largest absolute Gasteiger partial charge is 0.465 e. The van der Waals surface area contributed by atoms with E-state index in [0.717, 1.165) is 5.56 Å². The number of ketones is 1. The van der Waals surface area contributed by atoms with Gasteiger partial charge in [0.25, 0.3) is 0 Å². The normalized spacial score (nSPS) is 11.3. The molecule has 17 heavy (non-hydrogen) atoms. The van der Waals surface area contributed by atoms with Crippen molar-refractivity contribution >= 4 is 11.8 Å². The van der Waals surface area contributed by atoms with Crippen molar-refractivity contribution in [2.24, 2.45) is 5.41 Å². The predicted octanol–water partition coefficient (Wildman–Crippen LogP) is 1.35. The van der Waals surface area contributed by atoms with Crippen molar-refractivity contribution in [3.8, 4) is 0 Å². The Kier molecular flexibility index (Phi) is 4.04. The van der Waals surface area contributed by atoms with E-state index in [1.807, 2.05) is 6.92 Å². The number of hydrogen-bond donors (Lipinski definition) is 0. The lowest BCUT2D eigenvalue weighted by atomic mass is 9.88. The van der Waals surface area contributed by atoms with Crippen molar-refractivity contribution in [3.05, 3.63) is 18.0 Å². The van der Waals surface area contributed by atoms with Crippen molar-refractivity contribution in [2.45, 2.75) is 34.2 Å². The molecule has 0 saturated heterocycles. The number of Topliss-reactive ketones (excluding diaryl/α,β-unsaturated/α-hetero) is 1. The number of carbonyl (C=O) groups is 2. The molecule has 0 amide bonds. The minimum atomic E-state index is -1.13. The molecule has 0 aromatic carbocycles. The monoisotopic (exact) mass is 238 g/mol. The van der Waals surface area contributed by atoms with Crippen LogP contribution in [0.15, 0.2) is 12.4 Å². The standard InChI is InChI=1S/C12H18N2O3/c1-5-17-11(16)12(3,4)10(15)8-14-7-9(2)6-13-14/h6-7H,5,8H2,1-4H3. The van der Waals surface area contributed by atoms with Gasteiger partial charge in [-0.25, -0.2) is 0 Å². The summed E-state index contributed by atoms with van der Waals surface area (Å²) in [7, 11) is 0. The molecule has 0 aliphatic carbocycles. The van der Waals surface area contributed by atoms with Gasteiger partial charge in [-0.15, -0.1) is 0 Å². The maximum absolute atomic E-state index is 12.0. The number of carbonyl (C=O) groups excluding carboxylic acids is 2. The number of esters is 1. The Morgan fingerprint density at radius 1 is 1.47 bits per heavy atom. The van der Waals surface area contributed by atoms with E-state index in [1.165, 1.54) is 4.68 Å². The Hall–Kier alpha value is -1.65. The average Bonchev–Trinajstić information content (AvgIpc) is 2.64. The van der Waals surface area contributed by atoms with Gasteiger partial charge in [0.2, 0.25) is 0 Å². The van der Waals surface area contributed by atoms with E-state index in [2.05, 4.69) is 5.10 Å². The highest BCUT2D eigenvalue weighted by molar-refractivity contribution is 6.02. The molecule has 94 valence electrons. The molecule has 0 N–H and O–H groups in total. The van der Waals surface area contributed by atoms with Gasteiger partial charge in [0.1, 0.15) is 12.0 Å². The molecular weight excluding hydrogens is 220 g/mol. The van der Waals surface area contributed by atoms with Crippen LogP contribution >= 0.6 is 0 Å². The molecule has 0 unspecified atom stereocenters. The number of aryl methyl sites for hydroxylation is 1. The van der Waals surface area contributed by atoms with Crippen molar-refractivity contribution in [2.75, 3.05) is 6.61 Å². The smallest absolute Gasteiger partial charge is 0.319 e. The molecule has 1 heterocycles. The fourth-order valence-corrected chi connectivity index (χ4v) is 1.32. The highest BCUT2D eigenvalue weighted by Gasteiger charge is 2.37. The molecule has 1 rings (SSSR count). The summed E-state index contributed by atoms with van der Waals surface area (Å²) < 4.78 is 6.41. The lowest BCUT2D eigenvalue weighted by molar-refractivity contribution is -0.158. The lowest BCUT2D eigenvalue weighted by Gasteiger charge is -2.20. The highest BCUT2D eigenvalue weighted by atomic mass is 16.5. The molecule has 0 aliphatic heterocycles. The second kappa shape index (κ2) is 5.12. The van der Waals surface area contributed by atoms with E-state index in [1.54, 1.807) is 33.2 Å². The van der Waals surface area contributed by atoms with Crippen LogP contribution in [0, 0.1) is 12.3 Å².